The number of carbonyl (C=O) groups excluding carboxylic acids is 3. The molecule has 11 heteroatoms. The quantitative estimate of drug-likeness (QED) is 0.425. The predicted molar refractivity (Wildman–Crippen MR) is 161 cm³/mol. The molecule has 0 aromatic heterocycles. The van der Waals surface area contributed by atoms with Crippen molar-refractivity contribution >= 4 is 40.4 Å². The number of amides is 2. The number of rotatable bonds is 8. The van der Waals surface area contributed by atoms with Gasteiger partial charge in [-0.25, -0.2) is 9.79 Å². The van der Waals surface area contributed by atoms with Crippen molar-refractivity contribution in [2.45, 2.75) is 26.3 Å². The van der Waals surface area contributed by atoms with Gasteiger partial charge in [0.1, 0.15) is 11.5 Å². The highest BCUT2D eigenvalue weighted by atomic mass is 32.2. The van der Waals surface area contributed by atoms with Crippen molar-refractivity contribution in [2.24, 2.45) is 4.99 Å². The van der Waals surface area contributed by atoms with E-state index in [0.29, 0.717) is 65.4 Å². The lowest BCUT2D eigenvalue weighted by Crippen LogP contribution is -2.50. The highest BCUT2D eigenvalue weighted by molar-refractivity contribution is 8.16. The first-order valence-corrected chi connectivity index (χ1v) is 14.7. The van der Waals surface area contributed by atoms with Gasteiger partial charge in [0.15, 0.2) is 5.17 Å². The molecular weight excluding hydrogens is 556 g/mol. The minimum absolute atomic E-state index is 0.00810. The second-order valence-electron chi connectivity index (χ2n) is 9.91. The van der Waals surface area contributed by atoms with Crippen LogP contribution in [0.25, 0.3) is 5.70 Å². The van der Waals surface area contributed by atoms with Gasteiger partial charge in [0.25, 0.3) is 0 Å². The minimum Gasteiger partial charge on any atom is -0.497 e. The second kappa shape index (κ2) is 12.7. The first-order chi connectivity index (χ1) is 20.4. The van der Waals surface area contributed by atoms with Gasteiger partial charge in [-0.3, -0.25) is 9.59 Å². The van der Waals surface area contributed by atoms with Crippen molar-refractivity contribution in [3.05, 3.63) is 76.3 Å². The second-order valence-corrected chi connectivity index (χ2v) is 10.8. The first kappa shape index (κ1) is 29.2. The summed E-state index contributed by atoms with van der Waals surface area (Å²) in [6.07, 6.45) is 0.103. The maximum Gasteiger partial charge on any atom is 0.338 e. The fourth-order valence-corrected chi connectivity index (χ4v) is 6.29. The topological polar surface area (TPSA) is 101 Å². The van der Waals surface area contributed by atoms with E-state index in [4.69, 9.17) is 19.2 Å². The molecule has 3 heterocycles. The molecule has 0 aliphatic carbocycles. The highest BCUT2D eigenvalue weighted by Crippen LogP contribution is 2.49. The van der Waals surface area contributed by atoms with Crippen molar-refractivity contribution in [3.63, 3.8) is 0 Å². The van der Waals surface area contributed by atoms with Crippen LogP contribution in [0.4, 0.5) is 0 Å². The van der Waals surface area contributed by atoms with Crippen LogP contribution in [0.3, 0.4) is 0 Å². The summed E-state index contributed by atoms with van der Waals surface area (Å²) in [5, 5.41) is 2.56. The number of esters is 1. The van der Waals surface area contributed by atoms with Gasteiger partial charge in [-0.1, -0.05) is 42.1 Å². The largest absolute Gasteiger partial charge is 0.497 e. The van der Waals surface area contributed by atoms with Gasteiger partial charge in [0.2, 0.25) is 11.8 Å². The van der Waals surface area contributed by atoms with Gasteiger partial charge >= 0.3 is 5.97 Å². The minimum atomic E-state index is -0.708. The first-order valence-electron chi connectivity index (χ1n) is 13.8. The number of hydrogen-bond acceptors (Lipinski definition) is 9. The van der Waals surface area contributed by atoms with E-state index < -0.39 is 12.0 Å². The third-order valence-corrected chi connectivity index (χ3v) is 8.38. The van der Waals surface area contributed by atoms with E-state index in [1.807, 2.05) is 46.7 Å². The van der Waals surface area contributed by atoms with Crippen molar-refractivity contribution in [1.82, 2.24) is 14.7 Å². The Bertz CT molecular complexity index is 1460. The van der Waals surface area contributed by atoms with E-state index in [-0.39, 0.29) is 24.8 Å². The number of ether oxygens (including phenoxy) is 3. The molecule has 0 unspecified atom stereocenters. The molecule has 2 aromatic rings. The number of nitrogens with zero attached hydrogens (tertiary/aromatic N) is 4. The summed E-state index contributed by atoms with van der Waals surface area (Å²) in [6, 6.07) is 14.3. The van der Waals surface area contributed by atoms with E-state index >= 15 is 0 Å². The molecule has 0 N–H and O–H groups in total. The number of hydrogen-bond donors (Lipinski definition) is 0. The molecule has 0 spiro atoms. The van der Waals surface area contributed by atoms with Crippen molar-refractivity contribution in [1.29, 1.82) is 0 Å². The van der Waals surface area contributed by atoms with Gasteiger partial charge in [-0.05, 0) is 30.5 Å². The van der Waals surface area contributed by atoms with E-state index in [9.17, 15) is 14.4 Å². The van der Waals surface area contributed by atoms with Crippen LogP contribution in [0.15, 0.2) is 70.2 Å². The zero-order chi connectivity index (χ0) is 29.8. The molecule has 220 valence electrons. The number of methoxy groups -OCH3 is 2. The number of amidine groups is 1. The Hall–Kier alpha value is -4.25. The molecule has 0 radical (unpaired) electrons. The average Bonchev–Trinajstić information content (AvgIpc) is 3.42. The zero-order valence-corrected chi connectivity index (χ0v) is 25.0. The maximum absolute atomic E-state index is 13.8. The molecule has 5 rings (SSSR count). The lowest BCUT2D eigenvalue weighted by molar-refractivity contribution is -0.139. The SMILES string of the molecule is CCOC(=O)C1=C(c2ccccc2)N=C2SC=C(CC(=O)N3CCN(C(C)=O)CC3)N2[C@H]1c1cc(OC)ccc1OC. The predicted octanol–water partition coefficient (Wildman–Crippen LogP) is 4.06. The maximum atomic E-state index is 13.8. The molecule has 3 aliphatic heterocycles. The third kappa shape index (κ3) is 5.74. The number of thioether (sulfide) groups is 1. The number of piperazine rings is 1. The Morgan fingerprint density at radius 2 is 1.69 bits per heavy atom. The fourth-order valence-electron chi connectivity index (χ4n) is 5.37. The normalized spacial score (nSPS) is 18.3. The van der Waals surface area contributed by atoms with Crippen LogP contribution in [0.1, 0.15) is 37.4 Å². The van der Waals surface area contributed by atoms with Gasteiger partial charge < -0.3 is 28.9 Å². The van der Waals surface area contributed by atoms with Crippen LogP contribution in [0, 0.1) is 0 Å². The monoisotopic (exact) mass is 590 g/mol. The standard InChI is InChI=1S/C31H34N4O6S/c1-5-41-30(38)27-28(21-9-7-6-8-10-21)32-31-35(29(27)24-18-23(39-3)11-12-25(24)40-4)22(19-42-31)17-26(37)34-15-13-33(14-16-34)20(2)36/h6-12,18-19,29H,5,13-17H2,1-4H3/t29-/m0/s1. The van der Waals surface area contributed by atoms with Crippen LogP contribution in [-0.2, 0) is 19.1 Å². The van der Waals surface area contributed by atoms with Crippen molar-refractivity contribution in [2.75, 3.05) is 47.0 Å². The number of benzene rings is 2. The Morgan fingerprint density at radius 1 is 0.976 bits per heavy atom. The smallest absolute Gasteiger partial charge is 0.338 e. The number of aliphatic imine (C=N–C) groups is 1. The molecule has 10 nitrogen and oxygen atoms in total. The lowest BCUT2D eigenvalue weighted by atomic mass is 9.90. The zero-order valence-electron chi connectivity index (χ0n) is 24.2. The van der Waals surface area contributed by atoms with Gasteiger partial charge in [-0.2, -0.15) is 0 Å². The summed E-state index contributed by atoms with van der Waals surface area (Å²) in [5.41, 5.74) is 3.00. The molecule has 0 bridgehead atoms. The van der Waals surface area contributed by atoms with Crippen LogP contribution in [0.5, 0.6) is 11.5 Å². The lowest BCUT2D eigenvalue weighted by Gasteiger charge is -2.38. The van der Waals surface area contributed by atoms with E-state index in [0.717, 1.165) is 5.56 Å². The molecule has 2 amide bonds. The molecule has 3 aliphatic rings. The summed E-state index contributed by atoms with van der Waals surface area (Å²) in [6.45, 7) is 5.45. The summed E-state index contributed by atoms with van der Waals surface area (Å²) in [7, 11) is 3.16. The number of fused-ring (bicyclic) bond motifs is 1. The highest BCUT2D eigenvalue weighted by Gasteiger charge is 2.44. The third-order valence-electron chi connectivity index (χ3n) is 7.49. The summed E-state index contributed by atoms with van der Waals surface area (Å²) in [5.74, 6) is 0.596. The number of carbonyl (C=O) groups is 3. The van der Waals surface area contributed by atoms with Crippen LogP contribution >= 0.6 is 11.8 Å². The van der Waals surface area contributed by atoms with E-state index in [1.165, 1.54) is 11.8 Å². The molecule has 1 atom stereocenters. The van der Waals surface area contributed by atoms with E-state index in [1.54, 1.807) is 50.0 Å². The summed E-state index contributed by atoms with van der Waals surface area (Å²) in [4.78, 5) is 49.5. The van der Waals surface area contributed by atoms with Crippen molar-refractivity contribution < 1.29 is 28.6 Å². The van der Waals surface area contributed by atoms with Crippen LogP contribution in [-0.4, -0.2) is 84.7 Å². The molecular formula is C31H34N4O6S. The fraction of sp³-hybridized carbons (Fsp3) is 0.355. The van der Waals surface area contributed by atoms with Gasteiger partial charge in [0.05, 0.1) is 44.6 Å². The van der Waals surface area contributed by atoms with Crippen LogP contribution < -0.4 is 9.47 Å². The molecule has 42 heavy (non-hydrogen) atoms. The van der Waals surface area contributed by atoms with Crippen molar-refractivity contribution in [3.8, 4) is 11.5 Å². The molecule has 1 fully saturated rings. The van der Waals surface area contributed by atoms with Crippen LogP contribution in [0.2, 0.25) is 0 Å². The molecule has 0 saturated carbocycles. The van der Waals surface area contributed by atoms with E-state index in [2.05, 4.69) is 0 Å². The Balaban J connectivity index is 1.59. The Morgan fingerprint density at radius 3 is 2.33 bits per heavy atom. The summed E-state index contributed by atoms with van der Waals surface area (Å²) >= 11 is 1.41. The summed E-state index contributed by atoms with van der Waals surface area (Å²) < 4.78 is 17.0. The molecule has 1 saturated heterocycles. The Labute approximate surface area is 249 Å². The average molecular weight is 591 g/mol. The Kier molecular flexibility index (Phi) is 8.86. The van der Waals surface area contributed by atoms with Gasteiger partial charge in [0, 0.05) is 49.9 Å². The molecule has 2 aromatic carbocycles. The van der Waals surface area contributed by atoms with Gasteiger partial charge in [-0.15, -0.1) is 0 Å².